The van der Waals surface area contributed by atoms with E-state index in [0.717, 1.165) is 5.56 Å². The van der Waals surface area contributed by atoms with Crippen molar-refractivity contribution in [3.8, 4) is 5.75 Å². The number of nitrogens with one attached hydrogen (secondary N) is 2. The van der Waals surface area contributed by atoms with Crippen molar-refractivity contribution in [1.82, 2.24) is 20.3 Å². The second-order valence-corrected chi connectivity index (χ2v) is 6.25. The van der Waals surface area contributed by atoms with E-state index in [0.29, 0.717) is 37.0 Å². The van der Waals surface area contributed by atoms with Crippen LogP contribution in [0.15, 0.2) is 24.5 Å². The van der Waals surface area contributed by atoms with Gasteiger partial charge in [-0.3, -0.25) is 4.79 Å². The van der Waals surface area contributed by atoms with Gasteiger partial charge in [-0.05, 0) is 38.0 Å². The minimum Gasteiger partial charge on any atom is -0.494 e. The number of ether oxygens (including phenoxy) is 2. The lowest BCUT2D eigenvalue weighted by Gasteiger charge is -2.33. The molecular weight excluding hydrogens is 334 g/mol. The van der Waals surface area contributed by atoms with Crippen LogP contribution < -0.4 is 15.4 Å². The van der Waals surface area contributed by atoms with Gasteiger partial charge < -0.3 is 20.1 Å². The first-order chi connectivity index (χ1) is 12.6. The predicted molar refractivity (Wildman–Crippen MR) is 96.4 cm³/mol. The molecule has 3 rings (SSSR count). The van der Waals surface area contributed by atoms with E-state index in [9.17, 15) is 4.79 Å². The van der Waals surface area contributed by atoms with Crippen molar-refractivity contribution in [3.63, 3.8) is 0 Å². The normalized spacial score (nSPS) is 19.7. The zero-order valence-electron chi connectivity index (χ0n) is 15.2. The summed E-state index contributed by atoms with van der Waals surface area (Å²) in [6.07, 6.45) is 4.05. The Kier molecular flexibility index (Phi) is 5.62. The molecule has 8 heteroatoms. The molecule has 0 aromatic carbocycles. The molecule has 2 atom stereocenters. The Morgan fingerprint density at radius 2 is 2.15 bits per heavy atom. The van der Waals surface area contributed by atoms with E-state index in [2.05, 4.69) is 25.6 Å². The Labute approximate surface area is 152 Å². The molecule has 0 unspecified atom stereocenters. The van der Waals surface area contributed by atoms with Gasteiger partial charge in [-0.15, -0.1) is 0 Å². The Morgan fingerprint density at radius 3 is 2.92 bits per heavy atom. The largest absolute Gasteiger partial charge is 0.494 e. The van der Waals surface area contributed by atoms with Crippen LogP contribution in [0.5, 0.6) is 5.75 Å². The minimum absolute atomic E-state index is 0.0987. The SMILES string of the molecule is COc1cc(C)cnc1C(=O)N[C@H]1CCOC[C@H]1Nc1ccnc(C)n1. The van der Waals surface area contributed by atoms with Crippen LogP contribution in [0.4, 0.5) is 5.82 Å². The van der Waals surface area contributed by atoms with Crippen LogP contribution in [0.3, 0.4) is 0 Å². The molecule has 0 bridgehead atoms. The lowest BCUT2D eigenvalue weighted by atomic mass is 10.0. The van der Waals surface area contributed by atoms with Crippen molar-refractivity contribution in [2.45, 2.75) is 32.4 Å². The highest BCUT2D eigenvalue weighted by molar-refractivity contribution is 5.95. The van der Waals surface area contributed by atoms with Crippen LogP contribution in [0.25, 0.3) is 0 Å². The number of aryl methyl sites for hydroxylation is 2. The lowest BCUT2D eigenvalue weighted by Crippen LogP contribution is -2.52. The van der Waals surface area contributed by atoms with Crippen LogP contribution in [0.1, 0.15) is 28.3 Å². The summed E-state index contributed by atoms with van der Waals surface area (Å²) in [6, 6.07) is 3.38. The van der Waals surface area contributed by atoms with E-state index in [4.69, 9.17) is 9.47 Å². The molecule has 0 radical (unpaired) electrons. The molecular formula is C18H23N5O3. The van der Waals surface area contributed by atoms with Gasteiger partial charge in [0.1, 0.15) is 17.4 Å². The van der Waals surface area contributed by atoms with E-state index in [1.165, 1.54) is 7.11 Å². The number of carbonyl (C=O) groups is 1. The van der Waals surface area contributed by atoms with E-state index >= 15 is 0 Å². The minimum atomic E-state index is -0.264. The third-order valence-corrected chi connectivity index (χ3v) is 4.21. The van der Waals surface area contributed by atoms with E-state index < -0.39 is 0 Å². The quantitative estimate of drug-likeness (QED) is 0.836. The first kappa shape index (κ1) is 18.1. The standard InChI is InChI=1S/C18H23N5O3/c1-11-8-15(25-3)17(20-9-11)18(24)23-13-5-7-26-10-14(13)22-16-4-6-19-12(2)21-16/h4,6,8-9,13-14H,5,7,10H2,1-3H3,(H,23,24)(H,19,21,22)/t13-,14+/m0/s1. The average Bonchev–Trinajstić information content (AvgIpc) is 2.63. The van der Waals surface area contributed by atoms with Crippen molar-refractivity contribution >= 4 is 11.7 Å². The van der Waals surface area contributed by atoms with Crippen LogP contribution in [0.2, 0.25) is 0 Å². The number of methoxy groups -OCH3 is 1. The number of hydrogen-bond acceptors (Lipinski definition) is 7. The van der Waals surface area contributed by atoms with Crippen molar-refractivity contribution < 1.29 is 14.3 Å². The van der Waals surface area contributed by atoms with Crippen LogP contribution in [0, 0.1) is 13.8 Å². The van der Waals surface area contributed by atoms with Gasteiger partial charge in [-0.1, -0.05) is 0 Å². The third-order valence-electron chi connectivity index (χ3n) is 4.21. The van der Waals surface area contributed by atoms with E-state index in [1.54, 1.807) is 24.5 Å². The van der Waals surface area contributed by atoms with Crippen LogP contribution in [-0.4, -0.2) is 53.3 Å². The van der Waals surface area contributed by atoms with Crippen LogP contribution >= 0.6 is 0 Å². The molecule has 0 spiro atoms. The summed E-state index contributed by atoms with van der Waals surface area (Å²) in [4.78, 5) is 25.4. The molecule has 1 saturated heterocycles. The topological polar surface area (TPSA) is 98.3 Å². The van der Waals surface area contributed by atoms with Crippen molar-refractivity contribution in [1.29, 1.82) is 0 Å². The van der Waals surface area contributed by atoms with Crippen molar-refractivity contribution in [2.75, 3.05) is 25.6 Å². The zero-order valence-corrected chi connectivity index (χ0v) is 15.2. The lowest BCUT2D eigenvalue weighted by molar-refractivity contribution is 0.0617. The number of hydrogen-bond donors (Lipinski definition) is 2. The molecule has 1 aliphatic rings. The summed E-state index contributed by atoms with van der Waals surface area (Å²) in [5.41, 5.74) is 1.21. The predicted octanol–water partition coefficient (Wildman–Crippen LogP) is 1.50. The molecule has 2 N–H and O–H groups in total. The molecule has 8 nitrogen and oxygen atoms in total. The molecule has 2 aromatic rings. The number of rotatable bonds is 5. The smallest absolute Gasteiger partial charge is 0.274 e. The summed E-state index contributed by atoms with van der Waals surface area (Å²) in [6.45, 7) is 4.80. The molecule has 0 aliphatic carbocycles. The molecule has 1 aliphatic heterocycles. The maximum absolute atomic E-state index is 12.7. The van der Waals surface area contributed by atoms with Gasteiger partial charge in [-0.25, -0.2) is 15.0 Å². The summed E-state index contributed by atoms with van der Waals surface area (Å²) in [5, 5.41) is 6.37. The number of anilines is 1. The highest BCUT2D eigenvalue weighted by Gasteiger charge is 2.29. The summed E-state index contributed by atoms with van der Waals surface area (Å²) < 4.78 is 10.9. The number of carbonyl (C=O) groups excluding carboxylic acids is 1. The van der Waals surface area contributed by atoms with Gasteiger partial charge in [0.05, 0.1) is 25.8 Å². The molecule has 0 saturated carbocycles. The molecule has 2 aromatic heterocycles. The Hall–Kier alpha value is -2.74. The van der Waals surface area contributed by atoms with Gasteiger partial charge in [0.25, 0.3) is 5.91 Å². The van der Waals surface area contributed by atoms with Gasteiger partial charge in [0.15, 0.2) is 5.69 Å². The fraction of sp³-hybridized carbons (Fsp3) is 0.444. The first-order valence-corrected chi connectivity index (χ1v) is 8.52. The zero-order chi connectivity index (χ0) is 18.5. The maximum Gasteiger partial charge on any atom is 0.274 e. The monoisotopic (exact) mass is 357 g/mol. The maximum atomic E-state index is 12.7. The van der Waals surface area contributed by atoms with E-state index in [-0.39, 0.29) is 23.7 Å². The Bertz CT molecular complexity index is 783. The summed E-state index contributed by atoms with van der Waals surface area (Å²) >= 11 is 0. The number of amides is 1. The van der Waals surface area contributed by atoms with Crippen LogP contribution in [-0.2, 0) is 4.74 Å². The summed E-state index contributed by atoms with van der Waals surface area (Å²) in [5.74, 6) is 1.59. The molecule has 1 amide bonds. The number of pyridine rings is 1. The van der Waals surface area contributed by atoms with Crippen molar-refractivity contribution in [2.24, 2.45) is 0 Å². The molecule has 1 fully saturated rings. The summed E-state index contributed by atoms with van der Waals surface area (Å²) in [7, 11) is 1.53. The molecule has 26 heavy (non-hydrogen) atoms. The Morgan fingerprint density at radius 1 is 1.31 bits per heavy atom. The van der Waals surface area contributed by atoms with Gasteiger partial charge in [0.2, 0.25) is 0 Å². The van der Waals surface area contributed by atoms with Gasteiger partial charge >= 0.3 is 0 Å². The highest BCUT2D eigenvalue weighted by atomic mass is 16.5. The number of nitrogens with zero attached hydrogens (tertiary/aromatic N) is 3. The second-order valence-electron chi connectivity index (χ2n) is 6.25. The molecule has 138 valence electrons. The first-order valence-electron chi connectivity index (χ1n) is 8.52. The Balaban J connectivity index is 1.73. The fourth-order valence-corrected chi connectivity index (χ4v) is 2.88. The van der Waals surface area contributed by atoms with Crippen molar-refractivity contribution in [3.05, 3.63) is 41.6 Å². The fourth-order valence-electron chi connectivity index (χ4n) is 2.88. The number of aromatic nitrogens is 3. The second kappa shape index (κ2) is 8.09. The average molecular weight is 357 g/mol. The highest BCUT2D eigenvalue weighted by Crippen LogP contribution is 2.19. The van der Waals surface area contributed by atoms with Gasteiger partial charge in [-0.2, -0.15) is 0 Å². The molecule has 3 heterocycles. The third kappa shape index (κ3) is 4.26. The van der Waals surface area contributed by atoms with Gasteiger partial charge in [0, 0.05) is 19.0 Å². The van der Waals surface area contributed by atoms with E-state index in [1.807, 2.05) is 13.8 Å².